The van der Waals surface area contributed by atoms with Crippen LogP contribution in [0.5, 0.6) is 5.75 Å². The monoisotopic (exact) mass is 249 g/mol. The fourth-order valence-electron chi connectivity index (χ4n) is 1.56. The SMILES string of the molecule is CC(=O)C(=O)N(C)Cc1ccc(OC(C)C)cc1. The first-order chi connectivity index (χ1) is 8.40. The second kappa shape index (κ2) is 6.19. The van der Waals surface area contributed by atoms with E-state index in [0.717, 1.165) is 11.3 Å². The van der Waals surface area contributed by atoms with Crippen LogP contribution in [0.2, 0.25) is 0 Å². The fraction of sp³-hybridized carbons (Fsp3) is 0.429. The van der Waals surface area contributed by atoms with Gasteiger partial charge in [0.2, 0.25) is 5.78 Å². The van der Waals surface area contributed by atoms with Crippen molar-refractivity contribution in [1.29, 1.82) is 0 Å². The minimum absolute atomic E-state index is 0.137. The van der Waals surface area contributed by atoms with Crippen LogP contribution in [-0.4, -0.2) is 29.7 Å². The normalized spacial score (nSPS) is 10.3. The summed E-state index contributed by atoms with van der Waals surface area (Å²) < 4.78 is 5.53. The highest BCUT2D eigenvalue weighted by Crippen LogP contribution is 2.14. The van der Waals surface area contributed by atoms with Gasteiger partial charge < -0.3 is 9.64 Å². The van der Waals surface area contributed by atoms with Gasteiger partial charge in [-0.05, 0) is 31.5 Å². The maximum Gasteiger partial charge on any atom is 0.289 e. The fourth-order valence-corrected chi connectivity index (χ4v) is 1.56. The van der Waals surface area contributed by atoms with Crippen LogP contribution in [0.15, 0.2) is 24.3 Å². The zero-order valence-electron chi connectivity index (χ0n) is 11.3. The molecule has 1 rings (SSSR count). The van der Waals surface area contributed by atoms with Gasteiger partial charge in [0.1, 0.15) is 5.75 Å². The second-order valence-corrected chi connectivity index (χ2v) is 4.53. The third-order valence-electron chi connectivity index (χ3n) is 2.36. The molecule has 98 valence electrons. The van der Waals surface area contributed by atoms with Crippen molar-refractivity contribution < 1.29 is 14.3 Å². The lowest BCUT2D eigenvalue weighted by molar-refractivity contribution is -0.143. The number of Topliss-reactive ketones (excluding diaryl/α,β-unsaturated/α-hetero) is 1. The highest BCUT2D eigenvalue weighted by molar-refractivity contribution is 6.34. The van der Waals surface area contributed by atoms with E-state index in [-0.39, 0.29) is 6.10 Å². The topological polar surface area (TPSA) is 46.6 Å². The van der Waals surface area contributed by atoms with Crippen LogP contribution < -0.4 is 4.74 Å². The number of hydrogen-bond acceptors (Lipinski definition) is 3. The third kappa shape index (κ3) is 4.20. The minimum Gasteiger partial charge on any atom is -0.491 e. The molecule has 0 fully saturated rings. The Morgan fingerprint density at radius 1 is 1.22 bits per heavy atom. The molecule has 0 aliphatic heterocycles. The third-order valence-corrected chi connectivity index (χ3v) is 2.36. The Hall–Kier alpha value is -1.84. The largest absolute Gasteiger partial charge is 0.491 e. The van der Waals surface area contributed by atoms with E-state index in [2.05, 4.69) is 0 Å². The molecule has 0 unspecified atom stereocenters. The van der Waals surface area contributed by atoms with Crippen molar-refractivity contribution in [3.63, 3.8) is 0 Å². The van der Waals surface area contributed by atoms with Crippen LogP contribution in [0.25, 0.3) is 0 Å². The number of hydrogen-bond donors (Lipinski definition) is 0. The Morgan fingerprint density at radius 3 is 2.22 bits per heavy atom. The number of rotatable bonds is 5. The molecule has 1 aromatic rings. The summed E-state index contributed by atoms with van der Waals surface area (Å²) in [7, 11) is 1.61. The van der Waals surface area contributed by atoms with Crippen molar-refractivity contribution in [1.82, 2.24) is 4.90 Å². The first-order valence-electron chi connectivity index (χ1n) is 5.91. The molecule has 0 heterocycles. The van der Waals surface area contributed by atoms with E-state index in [4.69, 9.17) is 4.74 Å². The van der Waals surface area contributed by atoms with Gasteiger partial charge in [-0.2, -0.15) is 0 Å². The predicted molar refractivity (Wildman–Crippen MR) is 69.4 cm³/mol. The average molecular weight is 249 g/mol. The number of carbonyl (C=O) groups excluding carboxylic acids is 2. The second-order valence-electron chi connectivity index (χ2n) is 4.53. The van der Waals surface area contributed by atoms with Crippen LogP contribution in [0.3, 0.4) is 0 Å². The summed E-state index contributed by atoms with van der Waals surface area (Å²) in [4.78, 5) is 23.8. The van der Waals surface area contributed by atoms with Gasteiger partial charge in [0.15, 0.2) is 0 Å². The number of ketones is 1. The molecule has 0 spiro atoms. The Morgan fingerprint density at radius 2 is 1.78 bits per heavy atom. The maximum atomic E-state index is 11.4. The number of benzene rings is 1. The van der Waals surface area contributed by atoms with Crippen LogP contribution in [0, 0.1) is 0 Å². The van der Waals surface area contributed by atoms with Crippen molar-refractivity contribution in [2.75, 3.05) is 7.05 Å². The molecular formula is C14H19NO3. The summed E-state index contributed by atoms with van der Waals surface area (Å²) in [5, 5.41) is 0. The van der Waals surface area contributed by atoms with Gasteiger partial charge >= 0.3 is 0 Å². The molecule has 0 aliphatic carbocycles. The lowest BCUT2D eigenvalue weighted by Gasteiger charge is -2.16. The lowest BCUT2D eigenvalue weighted by Crippen LogP contribution is -2.31. The molecule has 0 saturated heterocycles. The molecule has 0 aromatic heterocycles. The number of likely N-dealkylation sites (N-methyl/N-ethyl adjacent to an activating group) is 1. The van der Waals surface area contributed by atoms with E-state index in [1.165, 1.54) is 11.8 Å². The molecule has 0 radical (unpaired) electrons. The molecule has 1 amide bonds. The Balaban J connectivity index is 2.63. The van der Waals surface area contributed by atoms with Gasteiger partial charge in [0, 0.05) is 20.5 Å². The smallest absolute Gasteiger partial charge is 0.289 e. The zero-order valence-corrected chi connectivity index (χ0v) is 11.3. The molecule has 1 aromatic carbocycles. The molecule has 0 bridgehead atoms. The minimum atomic E-state index is -0.475. The Labute approximate surface area is 108 Å². The summed E-state index contributed by atoms with van der Waals surface area (Å²) in [6.45, 7) is 5.62. The number of nitrogens with zero attached hydrogens (tertiary/aromatic N) is 1. The van der Waals surface area contributed by atoms with Crippen molar-refractivity contribution in [2.24, 2.45) is 0 Å². The Bertz CT molecular complexity index is 423. The maximum absolute atomic E-state index is 11.4. The van der Waals surface area contributed by atoms with Crippen molar-refractivity contribution in [3.8, 4) is 5.75 Å². The number of ether oxygens (including phenoxy) is 1. The van der Waals surface area contributed by atoms with Crippen LogP contribution in [0.1, 0.15) is 26.3 Å². The molecule has 4 heteroatoms. The van der Waals surface area contributed by atoms with Crippen molar-refractivity contribution in [2.45, 2.75) is 33.4 Å². The molecule has 18 heavy (non-hydrogen) atoms. The van der Waals surface area contributed by atoms with Gasteiger partial charge in [-0.15, -0.1) is 0 Å². The van der Waals surface area contributed by atoms with Gasteiger partial charge in [-0.1, -0.05) is 12.1 Å². The molecule has 0 aliphatic rings. The standard InChI is InChI=1S/C14H19NO3/c1-10(2)18-13-7-5-12(6-8-13)9-15(4)14(17)11(3)16/h5-8,10H,9H2,1-4H3. The van der Waals surface area contributed by atoms with Crippen LogP contribution >= 0.6 is 0 Å². The van der Waals surface area contributed by atoms with Gasteiger partial charge in [-0.25, -0.2) is 0 Å². The quantitative estimate of drug-likeness (QED) is 0.750. The van der Waals surface area contributed by atoms with E-state index >= 15 is 0 Å². The van der Waals surface area contributed by atoms with E-state index in [9.17, 15) is 9.59 Å². The summed E-state index contributed by atoms with van der Waals surface area (Å²) in [6.07, 6.45) is 0.137. The first kappa shape index (κ1) is 14.2. The first-order valence-corrected chi connectivity index (χ1v) is 5.91. The summed E-state index contributed by atoms with van der Waals surface area (Å²) in [5.41, 5.74) is 0.961. The lowest BCUT2D eigenvalue weighted by atomic mass is 10.2. The molecule has 0 atom stereocenters. The van der Waals surface area contributed by atoms with E-state index < -0.39 is 11.7 Å². The number of carbonyl (C=O) groups is 2. The molecule has 0 saturated carbocycles. The van der Waals surface area contributed by atoms with Gasteiger partial charge in [0.25, 0.3) is 5.91 Å². The molecular weight excluding hydrogens is 230 g/mol. The van der Waals surface area contributed by atoms with Crippen molar-refractivity contribution in [3.05, 3.63) is 29.8 Å². The van der Waals surface area contributed by atoms with Gasteiger partial charge in [-0.3, -0.25) is 9.59 Å². The summed E-state index contributed by atoms with van der Waals surface area (Å²) in [5.74, 6) is -0.121. The molecule has 0 N–H and O–H groups in total. The zero-order chi connectivity index (χ0) is 13.7. The highest BCUT2D eigenvalue weighted by Gasteiger charge is 2.13. The van der Waals surface area contributed by atoms with Crippen LogP contribution in [-0.2, 0) is 16.1 Å². The Kier molecular flexibility index (Phi) is 4.89. The number of amides is 1. The summed E-state index contributed by atoms with van der Waals surface area (Å²) >= 11 is 0. The summed E-state index contributed by atoms with van der Waals surface area (Å²) in [6, 6.07) is 7.51. The average Bonchev–Trinajstić information content (AvgIpc) is 2.29. The van der Waals surface area contributed by atoms with E-state index in [0.29, 0.717) is 6.54 Å². The van der Waals surface area contributed by atoms with Crippen LogP contribution in [0.4, 0.5) is 0 Å². The van der Waals surface area contributed by atoms with E-state index in [1.807, 2.05) is 38.1 Å². The van der Waals surface area contributed by atoms with Gasteiger partial charge in [0.05, 0.1) is 6.10 Å². The predicted octanol–water partition coefficient (Wildman–Crippen LogP) is 2.02. The van der Waals surface area contributed by atoms with Crippen molar-refractivity contribution >= 4 is 11.7 Å². The molecule has 4 nitrogen and oxygen atoms in total. The highest BCUT2D eigenvalue weighted by atomic mass is 16.5. The van der Waals surface area contributed by atoms with E-state index in [1.54, 1.807) is 7.05 Å².